The third-order valence-electron chi connectivity index (χ3n) is 10.2. The van der Waals surface area contributed by atoms with E-state index in [0.717, 1.165) is 16.5 Å². The number of nitro benzene ring substituents is 1. The van der Waals surface area contributed by atoms with Gasteiger partial charge in [0.1, 0.15) is 5.75 Å². The number of carbonyl (C=O) groups excluding carboxylic acids is 3. The number of esters is 1. The van der Waals surface area contributed by atoms with Gasteiger partial charge in [-0.25, -0.2) is 0 Å². The number of nitro groups is 1. The zero-order valence-corrected chi connectivity index (χ0v) is 28.5. The van der Waals surface area contributed by atoms with Gasteiger partial charge in [-0.1, -0.05) is 49.5 Å². The minimum absolute atomic E-state index is 0.114. The quantitative estimate of drug-likeness (QED) is 0.109. The lowest BCUT2D eigenvalue weighted by Gasteiger charge is -2.39. The van der Waals surface area contributed by atoms with E-state index in [9.17, 15) is 29.6 Å². The summed E-state index contributed by atoms with van der Waals surface area (Å²) < 4.78 is 17.5. The molecule has 2 fully saturated rings. The standard InChI is InChI=1S/C35H39N3O9Si/c1-21-33(48(4,5)27-13-11-26(45-3)12-14-27)30(16-17-39)47-35(21)28-18-25(38(43)44)10-15-29(28)36(34(35)42)20-23-6-8-24(9-7-23)37-31(41)19-32(37)46-22(2)40/h6-15,18,21,30,32-33,39H,16-17,19-20H2,1-5H3/t21-,30+,32?,33-,35+/m0/s1. The maximum absolute atomic E-state index is 14.8. The Hall–Kier alpha value is -4.59. The summed E-state index contributed by atoms with van der Waals surface area (Å²) in [7, 11) is -0.805. The molecule has 3 aliphatic rings. The van der Waals surface area contributed by atoms with E-state index >= 15 is 0 Å². The van der Waals surface area contributed by atoms with Crippen molar-refractivity contribution in [2.75, 3.05) is 23.5 Å². The van der Waals surface area contributed by atoms with Crippen LogP contribution in [0.15, 0.2) is 66.7 Å². The third kappa shape index (κ3) is 5.35. The number of non-ortho nitro benzene ring substituents is 1. The van der Waals surface area contributed by atoms with E-state index in [1.807, 2.05) is 31.2 Å². The Labute approximate surface area is 279 Å². The summed E-state index contributed by atoms with van der Waals surface area (Å²) in [5, 5.41) is 23.2. The molecule has 5 atom stereocenters. The largest absolute Gasteiger partial charge is 0.497 e. The van der Waals surface area contributed by atoms with E-state index in [1.54, 1.807) is 42.3 Å². The van der Waals surface area contributed by atoms with Crippen molar-refractivity contribution in [3.63, 3.8) is 0 Å². The van der Waals surface area contributed by atoms with Crippen LogP contribution in [-0.4, -0.2) is 61.9 Å². The van der Waals surface area contributed by atoms with Crippen LogP contribution in [0.5, 0.6) is 5.75 Å². The molecule has 2 saturated heterocycles. The SMILES string of the molecule is COc1ccc([Si](C)(C)[C@@H]2[C@@H](CCO)O[C@]3(C(=O)N(Cc4ccc(N5C(=O)CC5OC(C)=O)cc4)c4ccc([N+](=O)[O-])cc43)[C@H]2C)cc1. The number of carbonyl (C=O) groups is 3. The summed E-state index contributed by atoms with van der Waals surface area (Å²) in [5.74, 6) is -0.598. The Morgan fingerprint density at radius 3 is 2.38 bits per heavy atom. The average Bonchev–Trinajstić information content (AvgIpc) is 3.47. The van der Waals surface area contributed by atoms with E-state index < -0.39 is 36.9 Å². The number of anilines is 2. The first-order valence-electron chi connectivity index (χ1n) is 16.0. The van der Waals surface area contributed by atoms with Gasteiger partial charge < -0.3 is 24.2 Å². The Kier molecular flexibility index (Phi) is 8.64. The topological polar surface area (TPSA) is 149 Å². The molecule has 13 heteroatoms. The van der Waals surface area contributed by atoms with Gasteiger partial charge in [-0.2, -0.15) is 0 Å². The number of benzene rings is 3. The van der Waals surface area contributed by atoms with Crippen molar-refractivity contribution in [3.05, 3.63) is 88.0 Å². The monoisotopic (exact) mass is 673 g/mol. The second kappa shape index (κ2) is 12.5. The number of hydrogen-bond donors (Lipinski definition) is 1. The van der Waals surface area contributed by atoms with Crippen LogP contribution in [0.4, 0.5) is 17.1 Å². The smallest absolute Gasteiger partial charge is 0.304 e. The molecule has 3 heterocycles. The molecule has 6 rings (SSSR count). The summed E-state index contributed by atoms with van der Waals surface area (Å²) in [6, 6.07) is 19.5. The van der Waals surface area contributed by atoms with Crippen molar-refractivity contribution in [1.29, 1.82) is 0 Å². The predicted octanol–water partition coefficient (Wildman–Crippen LogP) is 4.37. The summed E-state index contributed by atoms with van der Waals surface area (Å²) >= 11 is 0. The zero-order valence-electron chi connectivity index (χ0n) is 27.5. The molecule has 252 valence electrons. The second-order valence-electron chi connectivity index (χ2n) is 13.2. The first-order valence-corrected chi connectivity index (χ1v) is 19.0. The Balaban J connectivity index is 1.37. The van der Waals surface area contributed by atoms with Crippen LogP contribution in [0.2, 0.25) is 18.6 Å². The second-order valence-corrected chi connectivity index (χ2v) is 17.9. The molecule has 1 spiro atoms. The lowest BCUT2D eigenvalue weighted by Crippen LogP contribution is -2.54. The minimum atomic E-state index is -2.42. The first-order chi connectivity index (χ1) is 22.8. The Morgan fingerprint density at radius 2 is 1.79 bits per heavy atom. The van der Waals surface area contributed by atoms with Gasteiger partial charge in [0, 0.05) is 42.8 Å². The number of aliphatic hydroxyl groups is 1. The molecule has 1 N–H and O–H groups in total. The molecular weight excluding hydrogens is 634 g/mol. The summed E-state index contributed by atoms with van der Waals surface area (Å²) in [5.41, 5.74) is 0.546. The zero-order chi connectivity index (χ0) is 34.5. The average molecular weight is 674 g/mol. The number of ether oxygens (including phenoxy) is 3. The molecule has 12 nitrogen and oxygen atoms in total. The van der Waals surface area contributed by atoms with Crippen molar-refractivity contribution in [2.24, 2.45) is 5.92 Å². The highest BCUT2D eigenvalue weighted by molar-refractivity contribution is 6.91. The summed E-state index contributed by atoms with van der Waals surface area (Å²) in [6.45, 7) is 7.75. The highest BCUT2D eigenvalue weighted by atomic mass is 28.3. The lowest BCUT2D eigenvalue weighted by molar-refractivity contribution is -0.385. The maximum atomic E-state index is 14.8. The molecule has 0 aromatic heterocycles. The van der Waals surface area contributed by atoms with Crippen molar-refractivity contribution >= 4 is 48.1 Å². The van der Waals surface area contributed by atoms with Gasteiger partial charge in [0.25, 0.3) is 11.6 Å². The van der Waals surface area contributed by atoms with E-state index in [-0.39, 0.29) is 48.5 Å². The predicted molar refractivity (Wildman–Crippen MR) is 180 cm³/mol. The number of rotatable bonds is 10. The number of aliphatic hydroxyl groups excluding tert-OH is 1. The van der Waals surface area contributed by atoms with Crippen LogP contribution in [0.1, 0.15) is 37.8 Å². The molecule has 48 heavy (non-hydrogen) atoms. The molecule has 0 aliphatic carbocycles. The normalized spacial score (nSPS) is 24.9. The molecule has 0 saturated carbocycles. The van der Waals surface area contributed by atoms with Crippen molar-refractivity contribution in [1.82, 2.24) is 0 Å². The minimum Gasteiger partial charge on any atom is -0.497 e. The molecule has 3 aromatic carbocycles. The highest BCUT2D eigenvalue weighted by Gasteiger charge is 2.66. The van der Waals surface area contributed by atoms with E-state index in [1.165, 1.54) is 24.0 Å². The van der Waals surface area contributed by atoms with Gasteiger partial charge in [-0.3, -0.25) is 29.4 Å². The fourth-order valence-electron chi connectivity index (χ4n) is 7.90. The number of hydrogen-bond acceptors (Lipinski definition) is 9. The van der Waals surface area contributed by atoms with Crippen LogP contribution in [0.3, 0.4) is 0 Å². The van der Waals surface area contributed by atoms with Gasteiger partial charge in [0.05, 0.1) is 44.9 Å². The number of nitrogens with zero attached hydrogens (tertiary/aromatic N) is 3. The van der Waals surface area contributed by atoms with Crippen LogP contribution in [0, 0.1) is 16.0 Å². The number of methoxy groups -OCH3 is 1. The van der Waals surface area contributed by atoms with Gasteiger partial charge in [-0.05, 0) is 47.9 Å². The fraction of sp³-hybridized carbons (Fsp3) is 0.400. The molecule has 3 aromatic rings. The number of amides is 2. The van der Waals surface area contributed by atoms with Gasteiger partial charge >= 0.3 is 5.97 Å². The van der Waals surface area contributed by atoms with E-state index in [4.69, 9.17) is 14.2 Å². The molecule has 0 bridgehead atoms. The van der Waals surface area contributed by atoms with E-state index in [2.05, 4.69) is 13.1 Å². The summed E-state index contributed by atoms with van der Waals surface area (Å²) in [4.78, 5) is 53.1. The highest BCUT2D eigenvalue weighted by Crippen LogP contribution is 2.60. The molecular formula is C35H39N3O9Si. The lowest BCUT2D eigenvalue weighted by atomic mass is 9.82. The fourth-order valence-corrected chi connectivity index (χ4v) is 12.0. The van der Waals surface area contributed by atoms with Crippen LogP contribution in [0.25, 0.3) is 0 Å². The maximum Gasteiger partial charge on any atom is 0.304 e. The molecule has 1 unspecified atom stereocenters. The van der Waals surface area contributed by atoms with Gasteiger partial charge in [-0.15, -0.1) is 0 Å². The van der Waals surface area contributed by atoms with Crippen molar-refractivity contribution in [3.8, 4) is 5.75 Å². The van der Waals surface area contributed by atoms with Crippen LogP contribution >= 0.6 is 0 Å². The Morgan fingerprint density at radius 1 is 1.10 bits per heavy atom. The van der Waals surface area contributed by atoms with E-state index in [0.29, 0.717) is 23.4 Å². The van der Waals surface area contributed by atoms with Crippen LogP contribution < -0.4 is 19.7 Å². The molecule has 0 radical (unpaired) electrons. The first kappa shape index (κ1) is 33.3. The van der Waals surface area contributed by atoms with Gasteiger partial charge in [0.15, 0.2) is 11.8 Å². The molecule has 2 amide bonds. The van der Waals surface area contributed by atoms with Gasteiger partial charge in [0.2, 0.25) is 5.91 Å². The van der Waals surface area contributed by atoms with Crippen LogP contribution in [-0.2, 0) is 36.0 Å². The number of fused-ring (bicyclic) bond motifs is 2. The number of β-lactam (4-membered cyclic amide) rings is 1. The summed E-state index contributed by atoms with van der Waals surface area (Å²) in [6.07, 6.45) is -0.701. The Bertz CT molecular complexity index is 1760. The molecule has 3 aliphatic heterocycles. The third-order valence-corrected chi connectivity index (χ3v) is 14.6. The van der Waals surface area contributed by atoms with Crippen molar-refractivity contribution in [2.45, 2.75) is 69.8 Å². The van der Waals surface area contributed by atoms with Crippen molar-refractivity contribution < 1.29 is 38.6 Å².